The smallest absolute Gasteiger partial charge is 0.306 e. The number of aliphatic carboxylic acids is 1. The number of carbonyl (C=O) groups is 5. The zero-order valence-corrected chi connectivity index (χ0v) is 27.5. The molecule has 1 saturated heterocycles. The molecule has 2 aromatic rings. The van der Waals surface area contributed by atoms with Crippen molar-refractivity contribution in [1.82, 2.24) is 26.1 Å². The number of hydrogen-bond acceptors (Lipinski definition) is 9. The highest BCUT2D eigenvalue weighted by molar-refractivity contribution is 5.93. The Balaban J connectivity index is 1.78. The van der Waals surface area contributed by atoms with Gasteiger partial charge in [-0.25, -0.2) is 5.43 Å². The number of ether oxygens (including phenoxy) is 1. The predicted molar refractivity (Wildman–Crippen MR) is 171 cm³/mol. The molecule has 0 bridgehead atoms. The van der Waals surface area contributed by atoms with Gasteiger partial charge in [0.25, 0.3) is 5.91 Å². The largest absolute Gasteiger partial charge is 0.548 e. The van der Waals surface area contributed by atoms with Crippen LogP contribution >= 0.6 is 0 Å². The molecule has 12 heteroatoms. The summed E-state index contributed by atoms with van der Waals surface area (Å²) in [6, 6.07) is 6.76. The predicted octanol–water partition coefficient (Wildman–Crippen LogP) is 2.05. The summed E-state index contributed by atoms with van der Waals surface area (Å²) < 4.78 is 5.59. The maximum absolute atomic E-state index is 13.7. The number of nitrogens with zero attached hydrogens (tertiary/aromatic N) is 2. The van der Waals surface area contributed by atoms with Crippen LogP contribution in [0.25, 0.3) is 17.0 Å². The van der Waals surface area contributed by atoms with E-state index in [4.69, 9.17) is 4.74 Å². The Kier molecular flexibility index (Phi) is 13.2. The van der Waals surface area contributed by atoms with Gasteiger partial charge in [-0.3, -0.25) is 29.2 Å². The molecule has 3 rings (SSSR count). The van der Waals surface area contributed by atoms with Crippen LogP contribution in [0.5, 0.6) is 0 Å². The van der Waals surface area contributed by atoms with Gasteiger partial charge in [-0.2, -0.15) is 0 Å². The summed E-state index contributed by atoms with van der Waals surface area (Å²) in [7, 11) is 0. The Morgan fingerprint density at radius 1 is 1.07 bits per heavy atom. The van der Waals surface area contributed by atoms with Crippen molar-refractivity contribution < 1.29 is 33.8 Å². The summed E-state index contributed by atoms with van der Waals surface area (Å²) in [6.45, 7) is 10.8. The molecule has 0 spiro atoms. The number of rotatable bonds is 14. The molecular formula is C34H46N5O7-. The van der Waals surface area contributed by atoms with Crippen LogP contribution in [-0.2, 0) is 35.1 Å². The van der Waals surface area contributed by atoms with Gasteiger partial charge in [-0.05, 0) is 63.1 Å². The van der Waals surface area contributed by atoms with Crippen molar-refractivity contribution in [2.75, 3.05) is 6.54 Å². The second-order valence-corrected chi connectivity index (χ2v) is 12.0. The van der Waals surface area contributed by atoms with Crippen LogP contribution < -0.4 is 21.2 Å². The number of carboxylic acid groups (broad SMARTS) is 1. The molecule has 0 saturated carbocycles. The molecule has 0 unspecified atom stereocenters. The van der Waals surface area contributed by atoms with E-state index in [2.05, 4.69) is 21.0 Å². The molecule has 1 aliphatic heterocycles. The minimum Gasteiger partial charge on any atom is -0.548 e. The first-order valence-electron chi connectivity index (χ1n) is 16.0. The van der Waals surface area contributed by atoms with Crippen LogP contribution in [0.15, 0.2) is 36.4 Å². The molecule has 1 aliphatic rings. The molecule has 12 nitrogen and oxygen atoms in total. The summed E-state index contributed by atoms with van der Waals surface area (Å²) in [5, 5.41) is 18.9. The number of aromatic nitrogens is 1. The molecule has 0 aliphatic carbocycles. The van der Waals surface area contributed by atoms with Crippen molar-refractivity contribution in [3.8, 4) is 0 Å². The summed E-state index contributed by atoms with van der Waals surface area (Å²) in [4.78, 5) is 68.4. The average molecular weight is 637 g/mol. The first-order chi connectivity index (χ1) is 21.8. The van der Waals surface area contributed by atoms with E-state index in [-0.39, 0.29) is 18.9 Å². The van der Waals surface area contributed by atoms with Crippen LogP contribution in [0.2, 0.25) is 0 Å². The van der Waals surface area contributed by atoms with Crippen molar-refractivity contribution in [2.24, 2.45) is 11.8 Å². The highest BCUT2D eigenvalue weighted by Crippen LogP contribution is 2.20. The van der Waals surface area contributed by atoms with E-state index in [9.17, 15) is 29.1 Å². The fraction of sp³-hybridized carbons (Fsp3) is 0.529. The maximum Gasteiger partial charge on any atom is 0.306 e. The van der Waals surface area contributed by atoms with E-state index in [1.165, 1.54) is 11.9 Å². The van der Waals surface area contributed by atoms with E-state index in [1.54, 1.807) is 32.9 Å². The summed E-state index contributed by atoms with van der Waals surface area (Å²) in [5.41, 5.74) is 5.22. The zero-order valence-electron chi connectivity index (χ0n) is 27.5. The van der Waals surface area contributed by atoms with Gasteiger partial charge >= 0.3 is 5.97 Å². The molecule has 5 atom stereocenters. The van der Waals surface area contributed by atoms with Gasteiger partial charge in [0.05, 0.1) is 23.4 Å². The van der Waals surface area contributed by atoms with E-state index in [1.807, 2.05) is 44.2 Å². The van der Waals surface area contributed by atoms with E-state index in [0.717, 1.165) is 28.6 Å². The van der Waals surface area contributed by atoms with Gasteiger partial charge in [0.1, 0.15) is 18.2 Å². The first-order valence-corrected chi connectivity index (χ1v) is 16.0. The third-order valence-corrected chi connectivity index (χ3v) is 7.92. The highest BCUT2D eigenvalue weighted by atomic mass is 16.5. The summed E-state index contributed by atoms with van der Waals surface area (Å²) >= 11 is 0. The Hall–Kier alpha value is -4.32. The summed E-state index contributed by atoms with van der Waals surface area (Å²) in [6.07, 6.45) is 4.98. The van der Waals surface area contributed by atoms with Crippen LogP contribution in [0.4, 0.5) is 0 Å². The van der Waals surface area contributed by atoms with Crippen molar-refractivity contribution in [2.45, 2.75) is 97.9 Å². The Bertz CT molecular complexity index is 1440. The van der Waals surface area contributed by atoms with Crippen LogP contribution in [0.1, 0.15) is 78.5 Å². The third kappa shape index (κ3) is 9.84. The quantitative estimate of drug-likeness (QED) is 0.263. The van der Waals surface area contributed by atoms with Gasteiger partial charge < -0.3 is 25.3 Å². The lowest BCUT2D eigenvalue weighted by Gasteiger charge is -2.36. The number of nitrogens with one attached hydrogen (secondary N) is 3. The number of carboxylic acids is 1. The number of amides is 3. The number of carbonyl (C=O) groups excluding carboxylic acids is 5. The molecule has 1 fully saturated rings. The standard InChI is InChI=1S/C34H47N5O7/c1-7-10-29(40)46-22(6)26(17-13-23-12-14-24-15-16-25(8-2)36-28(24)19-23)31(41)37-30(20(3)4)32(42)35-21(5)33(43)39-18-9-11-27(38-39)34(44)45/h12-17,19-22,26-27,30,38H,7-11,18H2,1-6H3,(H,35,42)(H,37,41)(H,44,45)/p-1/b17-13+/t21-,22-,26+,27-,30-/m0/s1. The van der Waals surface area contributed by atoms with Crippen LogP contribution in [-0.4, -0.2) is 70.4 Å². The van der Waals surface area contributed by atoms with Gasteiger partial charge in [0.2, 0.25) is 11.8 Å². The Labute approximate surface area is 270 Å². The molecule has 3 amide bonds. The minimum absolute atomic E-state index is 0.205. The van der Waals surface area contributed by atoms with Gasteiger partial charge in [0.15, 0.2) is 0 Å². The number of pyridine rings is 1. The topological polar surface area (TPSA) is 170 Å². The SMILES string of the molecule is CCCC(=O)O[C@@H](C)[C@@H](/C=C/c1ccc2ccc(CC)nc2c1)C(=O)N[C@H](C(=O)N[C@@H](C)C(=O)N1CCC[C@@H](C(=O)[O-])N1)C(C)C. The lowest BCUT2D eigenvalue weighted by atomic mass is 9.97. The number of fused-ring (bicyclic) bond motifs is 1. The monoisotopic (exact) mass is 636 g/mol. The number of hydrogen-bond donors (Lipinski definition) is 3. The average Bonchev–Trinajstić information content (AvgIpc) is 3.02. The van der Waals surface area contributed by atoms with Gasteiger partial charge in [-0.15, -0.1) is 0 Å². The van der Waals surface area contributed by atoms with Crippen LogP contribution in [0.3, 0.4) is 0 Å². The Morgan fingerprint density at radius 2 is 1.78 bits per heavy atom. The number of esters is 1. The third-order valence-electron chi connectivity index (χ3n) is 7.92. The van der Waals surface area contributed by atoms with E-state index in [0.29, 0.717) is 19.3 Å². The summed E-state index contributed by atoms with van der Waals surface area (Å²) in [5.74, 6) is -4.64. The first kappa shape index (κ1) is 36.2. The van der Waals surface area contributed by atoms with E-state index >= 15 is 0 Å². The lowest BCUT2D eigenvalue weighted by molar-refractivity contribution is -0.310. The lowest BCUT2D eigenvalue weighted by Crippen LogP contribution is -2.62. The van der Waals surface area contributed by atoms with Crippen LogP contribution in [0, 0.1) is 11.8 Å². The number of hydrazine groups is 1. The maximum atomic E-state index is 13.7. The second-order valence-electron chi connectivity index (χ2n) is 12.0. The molecular weight excluding hydrogens is 590 g/mol. The second kappa shape index (κ2) is 16.8. The molecule has 2 heterocycles. The van der Waals surface area contributed by atoms with Crippen molar-refractivity contribution in [3.05, 3.63) is 47.7 Å². The van der Waals surface area contributed by atoms with Crippen molar-refractivity contribution in [1.29, 1.82) is 0 Å². The molecule has 46 heavy (non-hydrogen) atoms. The highest BCUT2D eigenvalue weighted by Gasteiger charge is 2.33. The molecule has 1 aromatic carbocycles. The van der Waals surface area contributed by atoms with Crippen molar-refractivity contribution in [3.63, 3.8) is 0 Å². The van der Waals surface area contributed by atoms with Gasteiger partial charge in [-0.1, -0.05) is 58.0 Å². The van der Waals surface area contributed by atoms with Crippen molar-refractivity contribution >= 4 is 46.6 Å². The van der Waals surface area contributed by atoms with E-state index < -0.39 is 59.8 Å². The fourth-order valence-corrected chi connectivity index (χ4v) is 5.19. The number of benzene rings is 1. The zero-order chi connectivity index (χ0) is 34.0. The molecule has 3 N–H and O–H groups in total. The fourth-order valence-electron chi connectivity index (χ4n) is 5.19. The normalized spacial score (nSPS) is 17.7. The molecule has 250 valence electrons. The van der Waals surface area contributed by atoms with Gasteiger partial charge in [0, 0.05) is 24.0 Å². The molecule has 0 radical (unpaired) electrons. The number of aryl methyl sites for hydroxylation is 1. The molecule has 1 aromatic heterocycles. The minimum atomic E-state index is -1.31. The Morgan fingerprint density at radius 3 is 2.43 bits per heavy atom.